The van der Waals surface area contributed by atoms with E-state index in [1.807, 2.05) is 5.32 Å². The summed E-state index contributed by atoms with van der Waals surface area (Å²) in [5, 5.41) is 4.94. The van der Waals surface area contributed by atoms with Gasteiger partial charge in [-0.15, -0.1) is 0 Å². The number of nitrogens with one attached hydrogen (secondary N) is 2. The number of carbonyl (C=O) groups excluding carboxylic acids is 2. The Morgan fingerprint density at radius 3 is 2.38 bits per heavy atom. The lowest BCUT2D eigenvalue weighted by molar-refractivity contribution is -0.135. The van der Waals surface area contributed by atoms with Gasteiger partial charge in [0.25, 0.3) is 17.7 Å². The van der Waals surface area contributed by atoms with E-state index >= 15 is 0 Å². The van der Waals surface area contributed by atoms with Crippen LogP contribution in [0.5, 0.6) is 5.88 Å². The molecule has 2 saturated heterocycles. The van der Waals surface area contributed by atoms with Gasteiger partial charge in [0.2, 0.25) is 0 Å². The van der Waals surface area contributed by atoms with E-state index in [9.17, 15) is 27.2 Å². The monoisotopic (exact) mass is 543 g/mol. The van der Waals surface area contributed by atoms with Crippen molar-refractivity contribution >= 4 is 29.2 Å². The van der Waals surface area contributed by atoms with E-state index in [0.717, 1.165) is 18.9 Å². The number of ether oxygens (including phenoxy) is 1. The Morgan fingerprint density at radius 1 is 1.14 bits per heavy atom. The Balaban J connectivity index is 1.35. The number of alkyl halides is 3. The van der Waals surface area contributed by atoms with Crippen LogP contribution in [0.3, 0.4) is 0 Å². The first kappa shape index (κ1) is 26.9. The molecule has 3 atom stereocenters. The molecule has 2 amide bonds. The van der Waals surface area contributed by atoms with Gasteiger partial charge in [-0.1, -0.05) is 11.6 Å². The first-order chi connectivity index (χ1) is 17.3. The maximum atomic E-state index is 14.1. The average molecular weight is 544 g/mol. The Bertz CT molecular complexity index is 1150. The Kier molecular flexibility index (Phi) is 7.50. The number of aromatic nitrogens is 2. The summed E-state index contributed by atoms with van der Waals surface area (Å²) in [6.45, 7) is 1.64. The number of piperidine rings is 1. The second-order valence-corrected chi connectivity index (χ2v) is 10.1. The molecule has 0 aromatic carbocycles. The normalized spacial score (nSPS) is 21.5. The minimum Gasteiger partial charge on any atom is -0.459 e. The largest absolute Gasteiger partial charge is 0.459 e. The third kappa shape index (κ3) is 6.41. The number of rotatable bonds is 7. The van der Waals surface area contributed by atoms with Gasteiger partial charge < -0.3 is 20.3 Å². The fraction of sp³-hybridized carbons (Fsp3) is 0.500. The van der Waals surface area contributed by atoms with Gasteiger partial charge in [0.1, 0.15) is 12.4 Å². The molecule has 2 aromatic rings. The summed E-state index contributed by atoms with van der Waals surface area (Å²) in [6, 6.07) is 4.16. The van der Waals surface area contributed by atoms with Crippen molar-refractivity contribution in [3.05, 3.63) is 47.0 Å². The molecule has 200 valence electrons. The molecule has 0 unspecified atom stereocenters. The molecule has 0 aliphatic carbocycles. The number of pyridine rings is 2. The molecule has 8 nitrogen and oxygen atoms in total. The maximum Gasteiger partial charge on any atom is 0.405 e. The molecule has 4 heterocycles. The van der Waals surface area contributed by atoms with Crippen LogP contribution in [0.25, 0.3) is 0 Å². The Hall–Kier alpha value is -3.15. The summed E-state index contributed by atoms with van der Waals surface area (Å²) in [5.74, 6) is -1.72. The predicted molar refractivity (Wildman–Crippen MR) is 127 cm³/mol. The van der Waals surface area contributed by atoms with E-state index in [2.05, 4.69) is 20.2 Å². The van der Waals surface area contributed by atoms with E-state index in [4.69, 9.17) is 16.3 Å². The van der Waals surface area contributed by atoms with Gasteiger partial charge in [0, 0.05) is 30.5 Å². The summed E-state index contributed by atoms with van der Waals surface area (Å²) < 4.78 is 56.7. The van der Waals surface area contributed by atoms with Gasteiger partial charge >= 0.3 is 6.18 Å². The fourth-order valence-electron chi connectivity index (χ4n) is 4.75. The van der Waals surface area contributed by atoms with Gasteiger partial charge in [0.05, 0.1) is 10.6 Å². The van der Waals surface area contributed by atoms with Crippen LogP contribution in [0.4, 0.5) is 23.4 Å². The number of anilines is 1. The number of hydrogen-bond donors (Lipinski definition) is 2. The fourth-order valence-corrected chi connectivity index (χ4v) is 4.89. The van der Waals surface area contributed by atoms with Crippen molar-refractivity contribution in [2.45, 2.75) is 69.4 Å². The van der Waals surface area contributed by atoms with E-state index in [0.29, 0.717) is 18.7 Å². The zero-order valence-corrected chi connectivity index (χ0v) is 20.9. The molecule has 2 fully saturated rings. The van der Waals surface area contributed by atoms with E-state index in [-0.39, 0.29) is 34.6 Å². The molecule has 2 N–H and O–H groups in total. The number of nitrogens with zero attached hydrogens (tertiary/aromatic N) is 3. The molecule has 2 aliphatic heterocycles. The zero-order chi connectivity index (χ0) is 27.0. The molecule has 0 radical (unpaired) electrons. The van der Waals surface area contributed by atoms with E-state index in [1.165, 1.54) is 32.3 Å². The van der Waals surface area contributed by atoms with Gasteiger partial charge in [-0.25, -0.2) is 14.4 Å². The number of hydrogen-bond acceptors (Lipinski definition) is 6. The van der Waals surface area contributed by atoms with Crippen molar-refractivity contribution in [1.82, 2.24) is 20.6 Å². The summed E-state index contributed by atoms with van der Waals surface area (Å²) >= 11 is 5.72. The van der Waals surface area contributed by atoms with Crippen molar-refractivity contribution in [1.29, 1.82) is 0 Å². The van der Waals surface area contributed by atoms with Crippen molar-refractivity contribution < 1.29 is 31.9 Å². The van der Waals surface area contributed by atoms with E-state index < -0.39 is 36.0 Å². The van der Waals surface area contributed by atoms with Crippen molar-refractivity contribution in [3.8, 4) is 5.88 Å². The Morgan fingerprint density at radius 2 is 1.81 bits per heavy atom. The smallest absolute Gasteiger partial charge is 0.405 e. The highest BCUT2D eigenvalue weighted by Gasteiger charge is 2.43. The summed E-state index contributed by atoms with van der Waals surface area (Å²) in [5.41, 5.74) is -1.35. The van der Waals surface area contributed by atoms with Crippen LogP contribution in [-0.2, 0) is 4.79 Å². The number of carbonyl (C=O) groups is 2. The van der Waals surface area contributed by atoms with Crippen LogP contribution in [0.15, 0.2) is 30.6 Å². The quantitative estimate of drug-likeness (QED) is 0.512. The molecule has 2 aromatic heterocycles. The van der Waals surface area contributed by atoms with Crippen molar-refractivity contribution in [3.63, 3.8) is 0 Å². The average Bonchev–Trinajstić information content (AvgIpc) is 3.09. The third-order valence-corrected chi connectivity index (χ3v) is 6.67. The lowest BCUT2D eigenvalue weighted by Gasteiger charge is -2.40. The van der Waals surface area contributed by atoms with Crippen LogP contribution in [0.2, 0.25) is 5.02 Å². The molecule has 37 heavy (non-hydrogen) atoms. The second kappa shape index (κ2) is 10.3. The third-order valence-electron chi connectivity index (χ3n) is 6.47. The van der Waals surface area contributed by atoms with Crippen molar-refractivity contribution in [2.24, 2.45) is 0 Å². The summed E-state index contributed by atoms with van der Waals surface area (Å²) in [4.78, 5) is 35.2. The lowest BCUT2D eigenvalue weighted by atomic mass is 9.96. The van der Waals surface area contributed by atoms with Gasteiger partial charge in [0.15, 0.2) is 11.4 Å². The highest BCUT2D eigenvalue weighted by molar-refractivity contribution is 6.30. The highest BCUT2D eigenvalue weighted by atomic mass is 35.5. The molecule has 13 heteroatoms. The van der Waals surface area contributed by atoms with Gasteiger partial charge in [-0.05, 0) is 57.7 Å². The van der Waals surface area contributed by atoms with Crippen LogP contribution in [-0.4, -0.2) is 58.2 Å². The predicted octanol–water partition coefficient (Wildman–Crippen LogP) is 4.03. The van der Waals surface area contributed by atoms with Crippen molar-refractivity contribution in [2.75, 3.05) is 11.4 Å². The second-order valence-electron chi connectivity index (χ2n) is 9.69. The summed E-state index contributed by atoms with van der Waals surface area (Å²) in [7, 11) is 0. The maximum absolute atomic E-state index is 14.1. The first-order valence-corrected chi connectivity index (χ1v) is 12.1. The summed E-state index contributed by atoms with van der Waals surface area (Å²) in [6.07, 6.45) is 1.04. The molecular formula is C24H26ClF4N5O3. The van der Waals surface area contributed by atoms with E-state index in [1.54, 1.807) is 6.07 Å². The topological polar surface area (TPSA) is 96.5 Å². The van der Waals surface area contributed by atoms with Crippen LogP contribution >= 0.6 is 11.6 Å². The first-order valence-electron chi connectivity index (χ1n) is 11.7. The molecule has 2 aliphatic rings. The van der Waals surface area contributed by atoms with Crippen LogP contribution in [0, 0.1) is 5.82 Å². The van der Waals surface area contributed by atoms with Crippen LogP contribution < -0.4 is 20.3 Å². The Labute approximate surface area is 215 Å². The zero-order valence-electron chi connectivity index (χ0n) is 20.1. The number of amides is 2. The SMILES string of the molecule is CC(C)(Oc1ncc(Cl)cc1F)C(=O)N[C@H]1C[C@H]2CC[C@@H](C1)N2c1ccc(C(=O)NCC(F)(F)F)cn1. The minimum absolute atomic E-state index is 0.0383. The lowest BCUT2D eigenvalue weighted by Crippen LogP contribution is -2.55. The number of halogens is 5. The highest BCUT2D eigenvalue weighted by Crippen LogP contribution is 2.38. The molecule has 2 bridgehead atoms. The van der Waals surface area contributed by atoms with Crippen LogP contribution in [0.1, 0.15) is 49.9 Å². The van der Waals surface area contributed by atoms with Gasteiger partial charge in [-0.3, -0.25) is 9.59 Å². The molecule has 0 saturated carbocycles. The molecular weight excluding hydrogens is 518 g/mol. The number of fused-ring (bicyclic) bond motifs is 2. The molecule has 0 spiro atoms. The minimum atomic E-state index is -4.49. The van der Waals surface area contributed by atoms with Gasteiger partial charge in [-0.2, -0.15) is 13.2 Å². The standard InChI is InChI=1S/C24H26ClF4N5O3/c1-23(2,37-21-18(26)7-14(25)11-31-21)22(36)33-15-8-16-4-5-17(9-15)34(16)19-6-3-13(10-30-19)20(35)32-12-24(27,28)29/h3,6-7,10-11,15-17H,4-5,8-9,12H2,1-2H3,(H,32,35)(H,33,36)/t15-,16+,17-. The molecule has 4 rings (SSSR count).